The summed E-state index contributed by atoms with van der Waals surface area (Å²) in [5, 5.41) is 11.6. The molecule has 0 aliphatic heterocycles. The van der Waals surface area contributed by atoms with Crippen LogP contribution in [-0.2, 0) is 6.54 Å². The summed E-state index contributed by atoms with van der Waals surface area (Å²) in [6.45, 7) is 0.121. The summed E-state index contributed by atoms with van der Waals surface area (Å²) in [5.74, 6) is -2.00. The highest BCUT2D eigenvalue weighted by atomic mass is 19.1. The first-order valence-corrected chi connectivity index (χ1v) is 5.57. The van der Waals surface area contributed by atoms with Crippen molar-refractivity contribution in [2.75, 3.05) is 5.32 Å². The number of carboxylic acid groups (broad SMARTS) is 1. The second-order valence-corrected chi connectivity index (χ2v) is 3.97. The average molecular weight is 263 g/mol. The highest BCUT2D eigenvalue weighted by Gasteiger charge is 2.05. The van der Waals surface area contributed by atoms with E-state index in [-0.39, 0.29) is 17.7 Å². The highest BCUT2D eigenvalue weighted by molar-refractivity contribution is 5.87. The lowest BCUT2D eigenvalue weighted by Gasteiger charge is -2.08. The van der Waals surface area contributed by atoms with E-state index >= 15 is 0 Å². The maximum absolute atomic E-state index is 13.4. The van der Waals surface area contributed by atoms with E-state index in [2.05, 4.69) is 5.32 Å². The smallest absolute Gasteiger partial charge is 0.335 e. The third kappa shape index (κ3) is 3.28. The van der Waals surface area contributed by atoms with Gasteiger partial charge in [-0.15, -0.1) is 0 Å². The van der Waals surface area contributed by atoms with Gasteiger partial charge in [-0.05, 0) is 42.5 Å². The molecular weight excluding hydrogens is 252 g/mol. The van der Waals surface area contributed by atoms with E-state index in [1.54, 1.807) is 12.1 Å². The number of nitrogens with one attached hydrogen (secondary N) is 1. The molecule has 19 heavy (non-hydrogen) atoms. The van der Waals surface area contributed by atoms with Crippen LogP contribution < -0.4 is 5.32 Å². The van der Waals surface area contributed by atoms with Crippen LogP contribution in [0.2, 0.25) is 0 Å². The molecule has 0 spiro atoms. The zero-order valence-corrected chi connectivity index (χ0v) is 9.86. The van der Waals surface area contributed by atoms with Crippen LogP contribution in [0.3, 0.4) is 0 Å². The Morgan fingerprint density at radius 2 is 1.79 bits per heavy atom. The second-order valence-electron chi connectivity index (χ2n) is 3.97. The number of aromatic carboxylic acids is 1. The van der Waals surface area contributed by atoms with Crippen molar-refractivity contribution < 1.29 is 18.7 Å². The van der Waals surface area contributed by atoms with Gasteiger partial charge in [0.05, 0.1) is 5.56 Å². The minimum atomic E-state index is -1.01. The summed E-state index contributed by atoms with van der Waals surface area (Å²) in [7, 11) is 0. The van der Waals surface area contributed by atoms with Gasteiger partial charge >= 0.3 is 5.97 Å². The molecule has 2 aromatic rings. The molecular formula is C14H11F2NO2. The zero-order chi connectivity index (χ0) is 13.8. The molecule has 0 unspecified atom stereocenters. The van der Waals surface area contributed by atoms with Gasteiger partial charge < -0.3 is 10.4 Å². The number of halogens is 2. The molecule has 2 aromatic carbocycles. The van der Waals surface area contributed by atoms with Crippen LogP contribution in [0.5, 0.6) is 0 Å². The Labute approximate surface area is 108 Å². The van der Waals surface area contributed by atoms with Gasteiger partial charge in [0.1, 0.15) is 11.6 Å². The number of carboxylic acids is 1. The van der Waals surface area contributed by atoms with Crippen molar-refractivity contribution in [1.82, 2.24) is 0 Å². The summed E-state index contributed by atoms with van der Waals surface area (Å²) in [6, 6.07) is 9.26. The fourth-order valence-corrected chi connectivity index (χ4v) is 1.61. The third-order valence-electron chi connectivity index (χ3n) is 2.62. The van der Waals surface area contributed by atoms with E-state index in [9.17, 15) is 13.6 Å². The van der Waals surface area contributed by atoms with Crippen LogP contribution in [0.1, 0.15) is 15.9 Å². The van der Waals surface area contributed by atoms with Crippen LogP contribution in [-0.4, -0.2) is 11.1 Å². The van der Waals surface area contributed by atoms with E-state index < -0.39 is 17.6 Å². The topological polar surface area (TPSA) is 49.3 Å². The lowest BCUT2D eigenvalue weighted by atomic mass is 10.2. The maximum atomic E-state index is 13.4. The Morgan fingerprint density at radius 3 is 2.42 bits per heavy atom. The minimum absolute atomic E-state index is 0.121. The van der Waals surface area contributed by atoms with Gasteiger partial charge in [0.2, 0.25) is 0 Å². The Kier molecular flexibility index (Phi) is 3.75. The molecule has 3 nitrogen and oxygen atoms in total. The monoisotopic (exact) mass is 263 g/mol. The largest absolute Gasteiger partial charge is 0.478 e. The average Bonchev–Trinajstić information content (AvgIpc) is 2.40. The zero-order valence-electron chi connectivity index (χ0n) is 9.86. The Hall–Kier alpha value is -2.43. The molecule has 0 aliphatic carbocycles. The molecule has 0 saturated heterocycles. The van der Waals surface area contributed by atoms with Crippen LogP contribution in [0.15, 0.2) is 42.5 Å². The number of carbonyl (C=O) groups is 1. The number of anilines is 1. The van der Waals surface area contributed by atoms with Gasteiger partial charge in [-0.3, -0.25) is 0 Å². The van der Waals surface area contributed by atoms with E-state index in [0.717, 1.165) is 18.2 Å². The maximum Gasteiger partial charge on any atom is 0.335 e. The number of hydrogen-bond donors (Lipinski definition) is 2. The lowest BCUT2D eigenvalue weighted by Crippen LogP contribution is -2.03. The Morgan fingerprint density at radius 1 is 1.11 bits per heavy atom. The first-order valence-electron chi connectivity index (χ1n) is 5.57. The summed E-state index contributed by atoms with van der Waals surface area (Å²) in [4.78, 5) is 10.7. The predicted molar refractivity (Wildman–Crippen MR) is 67.1 cm³/mol. The summed E-state index contributed by atoms with van der Waals surface area (Å²) >= 11 is 0. The molecule has 0 aromatic heterocycles. The fourth-order valence-electron chi connectivity index (χ4n) is 1.61. The molecule has 98 valence electrons. The van der Waals surface area contributed by atoms with E-state index in [1.807, 2.05) is 0 Å². The van der Waals surface area contributed by atoms with Crippen molar-refractivity contribution in [3.63, 3.8) is 0 Å². The predicted octanol–water partition coefficient (Wildman–Crippen LogP) is 3.28. The van der Waals surface area contributed by atoms with Crippen LogP contribution >= 0.6 is 0 Å². The first-order chi connectivity index (χ1) is 9.06. The lowest BCUT2D eigenvalue weighted by molar-refractivity contribution is 0.0697. The third-order valence-corrected chi connectivity index (χ3v) is 2.62. The van der Waals surface area contributed by atoms with Gasteiger partial charge in [0, 0.05) is 17.8 Å². The molecule has 0 saturated carbocycles. The normalized spacial score (nSPS) is 10.2. The molecule has 2 N–H and O–H groups in total. The highest BCUT2D eigenvalue weighted by Crippen LogP contribution is 2.14. The van der Waals surface area contributed by atoms with Crippen LogP contribution in [0, 0.1) is 11.6 Å². The van der Waals surface area contributed by atoms with Gasteiger partial charge in [-0.1, -0.05) is 0 Å². The quantitative estimate of drug-likeness (QED) is 0.890. The number of hydrogen-bond acceptors (Lipinski definition) is 2. The molecule has 5 heteroatoms. The van der Waals surface area contributed by atoms with Gasteiger partial charge in [-0.25, -0.2) is 13.6 Å². The minimum Gasteiger partial charge on any atom is -0.478 e. The molecule has 0 atom stereocenters. The van der Waals surface area contributed by atoms with Crippen molar-refractivity contribution in [3.8, 4) is 0 Å². The first kappa shape index (κ1) is 13.0. The summed E-state index contributed by atoms with van der Waals surface area (Å²) < 4.78 is 26.3. The van der Waals surface area contributed by atoms with Crippen molar-refractivity contribution in [2.24, 2.45) is 0 Å². The summed E-state index contributed by atoms with van der Waals surface area (Å²) in [6.07, 6.45) is 0. The van der Waals surface area contributed by atoms with Crippen molar-refractivity contribution in [2.45, 2.75) is 6.54 Å². The SMILES string of the molecule is O=C(O)c1ccc(NCc2cc(F)ccc2F)cc1. The van der Waals surface area contributed by atoms with Crippen LogP contribution in [0.4, 0.5) is 14.5 Å². The van der Waals surface area contributed by atoms with Crippen LogP contribution in [0.25, 0.3) is 0 Å². The number of benzene rings is 2. The summed E-state index contributed by atoms with van der Waals surface area (Å²) in [5.41, 5.74) is 1.01. The Balaban J connectivity index is 2.06. The van der Waals surface area contributed by atoms with E-state index in [4.69, 9.17) is 5.11 Å². The standard InChI is InChI=1S/C14H11F2NO2/c15-11-3-6-13(16)10(7-11)8-17-12-4-1-9(2-5-12)14(18)19/h1-7,17H,8H2,(H,18,19). The molecule has 2 rings (SSSR count). The molecule has 0 amide bonds. The number of rotatable bonds is 4. The molecule has 0 heterocycles. The fraction of sp³-hybridized carbons (Fsp3) is 0.0714. The molecule has 0 fully saturated rings. The Bertz CT molecular complexity index is 597. The van der Waals surface area contributed by atoms with Crippen molar-refractivity contribution in [3.05, 3.63) is 65.2 Å². The molecule has 0 radical (unpaired) electrons. The van der Waals surface area contributed by atoms with Crippen molar-refractivity contribution >= 4 is 11.7 Å². The van der Waals surface area contributed by atoms with Gasteiger partial charge in [0.25, 0.3) is 0 Å². The molecule has 0 bridgehead atoms. The van der Waals surface area contributed by atoms with Gasteiger partial charge in [-0.2, -0.15) is 0 Å². The van der Waals surface area contributed by atoms with E-state index in [0.29, 0.717) is 5.69 Å². The van der Waals surface area contributed by atoms with Crippen molar-refractivity contribution in [1.29, 1.82) is 0 Å². The van der Waals surface area contributed by atoms with Gasteiger partial charge in [0.15, 0.2) is 0 Å². The molecule has 0 aliphatic rings. The second kappa shape index (κ2) is 5.48. The van der Waals surface area contributed by atoms with E-state index in [1.165, 1.54) is 12.1 Å².